The topological polar surface area (TPSA) is 76.4 Å². The van der Waals surface area contributed by atoms with Crippen molar-refractivity contribution in [3.05, 3.63) is 47.5 Å². The van der Waals surface area contributed by atoms with Crippen LogP contribution in [-0.2, 0) is 0 Å². The zero-order valence-corrected chi connectivity index (χ0v) is 20.5. The van der Waals surface area contributed by atoms with Crippen LogP contribution in [0.5, 0.6) is 5.75 Å². The molecule has 6 nitrogen and oxygen atoms in total. The van der Waals surface area contributed by atoms with E-state index in [1.807, 2.05) is 51.1 Å². The molecule has 0 radical (unpaired) electrons. The fraction of sp³-hybridized carbons (Fsp3) is 0.481. The van der Waals surface area contributed by atoms with Gasteiger partial charge in [-0.3, -0.25) is 0 Å². The van der Waals surface area contributed by atoms with E-state index in [-0.39, 0.29) is 17.6 Å². The number of nitrogens with zero attached hydrogens (tertiary/aromatic N) is 2. The van der Waals surface area contributed by atoms with E-state index in [0.29, 0.717) is 17.0 Å². The number of imidazole rings is 1. The molecule has 2 N–H and O–H groups in total. The summed E-state index contributed by atoms with van der Waals surface area (Å²) in [5, 5.41) is 13.1. The van der Waals surface area contributed by atoms with E-state index in [4.69, 9.17) is 9.72 Å². The maximum absolute atomic E-state index is 11.7. The molecule has 33 heavy (non-hydrogen) atoms. The molecule has 2 aromatic carbocycles. The monoisotopic (exact) mass is 449 g/mol. The highest BCUT2D eigenvalue weighted by Gasteiger charge is 2.35. The number of anilines is 2. The van der Waals surface area contributed by atoms with Gasteiger partial charge in [-0.1, -0.05) is 20.8 Å². The Kier molecular flexibility index (Phi) is 6.12. The number of carboxylic acids is 1. The average Bonchev–Trinajstić information content (AvgIpc) is 3.03. The minimum atomic E-state index is -0.924. The Morgan fingerprint density at radius 3 is 2.52 bits per heavy atom. The molecule has 3 aromatic rings. The number of hydrogen-bond donors (Lipinski definition) is 2. The number of fused-ring (bicyclic) bond motifs is 1. The van der Waals surface area contributed by atoms with Gasteiger partial charge in [0.05, 0.1) is 22.7 Å². The van der Waals surface area contributed by atoms with E-state index in [9.17, 15) is 9.90 Å². The van der Waals surface area contributed by atoms with E-state index < -0.39 is 5.97 Å². The predicted molar refractivity (Wildman–Crippen MR) is 133 cm³/mol. The maximum Gasteiger partial charge on any atom is 0.336 e. The molecule has 2 atom stereocenters. The van der Waals surface area contributed by atoms with Gasteiger partial charge in [-0.2, -0.15) is 0 Å². The first-order valence-electron chi connectivity index (χ1n) is 11.8. The van der Waals surface area contributed by atoms with Crippen molar-refractivity contribution in [1.29, 1.82) is 0 Å². The molecule has 1 fully saturated rings. The third-order valence-corrected chi connectivity index (χ3v) is 6.48. The minimum absolute atomic E-state index is 0.122. The van der Waals surface area contributed by atoms with Gasteiger partial charge in [0, 0.05) is 11.7 Å². The van der Waals surface area contributed by atoms with Crippen molar-refractivity contribution in [2.75, 3.05) is 5.32 Å². The highest BCUT2D eigenvalue weighted by molar-refractivity contribution is 5.95. The molecule has 1 heterocycles. The second-order valence-corrected chi connectivity index (χ2v) is 10.6. The van der Waals surface area contributed by atoms with Crippen LogP contribution >= 0.6 is 0 Å². The van der Waals surface area contributed by atoms with Gasteiger partial charge >= 0.3 is 5.97 Å². The predicted octanol–water partition coefficient (Wildman–Crippen LogP) is 6.96. The van der Waals surface area contributed by atoms with Crippen LogP contribution in [0.25, 0.3) is 11.0 Å². The van der Waals surface area contributed by atoms with Crippen molar-refractivity contribution in [3.8, 4) is 5.75 Å². The Hall–Kier alpha value is -3.02. The first-order chi connectivity index (χ1) is 15.5. The largest absolute Gasteiger partial charge is 0.491 e. The maximum atomic E-state index is 11.7. The Morgan fingerprint density at radius 2 is 1.91 bits per heavy atom. The van der Waals surface area contributed by atoms with Crippen molar-refractivity contribution in [1.82, 2.24) is 9.55 Å². The molecule has 0 saturated heterocycles. The van der Waals surface area contributed by atoms with Crippen molar-refractivity contribution in [2.45, 2.75) is 73.0 Å². The summed E-state index contributed by atoms with van der Waals surface area (Å²) in [6.07, 6.45) is 3.46. The fourth-order valence-electron chi connectivity index (χ4n) is 5.44. The molecular formula is C27H35N3O3. The molecule has 176 valence electrons. The zero-order valence-electron chi connectivity index (χ0n) is 20.5. The number of aromatic nitrogens is 2. The lowest BCUT2D eigenvalue weighted by Gasteiger charge is -2.40. The van der Waals surface area contributed by atoms with Crippen LogP contribution < -0.4 is 10.1 Å². The van der Waals surface area contributed by atoms with Crippen molar-refractivity contribution < 1.29 is 14.6 Å². The molecule has 4 rings (SSSR count). The van der Waals surface area contributed by atoms with E-state index in [1.54, 1.807) is 6.07 Å². The van der Waals surface area contributed by atoms with Crippen LogP contribution in [0, 0.1) is 18.3 Å². The zero-order chi connectivity index (χ0) is 23.9. The SMILES string of the molecule is Cc1cc2c(cc1C(=O)O)nc(Nc1ccc(OC(C)C)cc1)n2C1C[C@H](C)CC(C)(C)C1. The van der Waals surface area contributed by atoms with Gasteiger partial charge in [0.25, 0.3) is 0 Å². The minimum Gasteiger partial charge on any atom is -0.491 e. The number of aromatic carboxylic acids is 1. The molecule has 1 unspecified atom stereocenters. The number of carboxylic acid groups (broad SMARTS) is 1. The number of hydrogen-bond acceptors (Lipinski definition) is 4. The molecule has 1 aliphatic rings. The molecule has 0 aliphatic heterocycles. The molecule has 6 heteroatoms. The van der Waals surface area contributed by atoms with Crippen molar-refractivity contribution in [2.24, 2.45) is 11.3 Å². The third kappa shape index (κ3) is 5.00. The lowest BCUT2D eigenvalue weighted by molar-refractivity contribution is 0.0696. The fourth-order valence-corrected chi connectivity index (χ4v) is 5.44. The van der Waals surface area contributed by atoms with Crippen LogP contribution in [0.15, 0.2) is 36.4 Å². The Balaban J connectivity index is 1.78. The summed E-state index contributed by atoms with van der Waals surface area (Å²) in [6.45, 7) is 12.9. The summed E-state index contributed by atoms with van der Waals surface area (Å²) < 4.78 is 8.06. The molecule has 0 spiro atoms. The van der Waals surface area contributed by atoms with Gasteiger partial charge in [0.15, 0.2) is 0 Å². The lowest BCUT2D eigenvalue weighted by Crippen LogP contribution is -2.29. The van der Waals surface area contributed by atoms with Gasteiger partial charge in [0.2, 0.25) is 5.95 Å². The van der Waals surface area contributed by atoms with Gasteiger partial charge < -0.3 is 19.7 Å². The van der Waals surface area contributed by atoms with Crippen LogP contribution in [0.3, 0.4) is 0 Å². The van der Waals surface area contributed by atoms with E-state index in [1.165, 1.54) is 6.42 Å². The van der Waals surface area contributed by atoms with Crippen LogP contribution in [0.2, 0.25) is 0 Å². The number of carbonyl (C=O) groups is 1. The summed E-state index contributed by atoms with van der Waals surface area (Å²) in [7, 11) is 0. The summed E-state index contributed by atoms with van der Waals surface area (Å²) in [5.74, 6) is 1.26. The highest BCUT2D eigenvalue weighted by atomic mass is 16.5. The van der Waals surface area contributed by atoms with E-state index >= 15 is 0 Å². The van der Waals surface area contributed by atoms with Gasteiger partial charge in [-0.25, -0.2) is 9.78 Å². The molecule has 1 aliphatic carbocycles. The number of ether oxygens (including phenoxy) is 1. The van der Waals surface area contributed by atoms with Crippen molar-refractivity contribution in [3.63, 3.8) is 0 Å². The Morgan fingerprint density at radius 1 is 1.21 bits per heavy atom. The quantitative estimate of drug-likeness (QED) is 0.425. The van der Waals surface area contributed by atoms with Crippen LogP contribution in [0.4, 0.5) is 11.6 Å². The third-order valence-electron chi connectivity index (χ3n) is 6.48. The van der Waals surface area contributed by atoms with E-state index in [2.05, 4.69) is 30.7 Å². The number of nitrogens with one attached hydrogen (secondary N) is 1. The van der Waals surface area contributed by atoms with E-state index in [0.717, 1.165) is 41.3 Å². The molecular weight excluding hydrogens is 414 g/mol. The average molecular weight is 450 g/mol. The second kappa shape index (κ2) is 8.73. The molecule has 0 bridgehead atoms. The summed E-state index contributed by atoms with van der Waals surface area (Å²) in [4.78, 5) is 16.6. The number of benzene rings is 2. The molecule has 1 aromatic heterocycles. The summed E-state index contributed by atoms with van der Waals surface area (Å²) >= 11 is 0. The first-order valence-corrected chi connectivity index (χ1v) is 11.8. The Bertz CT molecular complexity index is 1160. The summed E-state index contributed by atoms with van der Waals surface area (Å²) in [5.41, 5.74) is 3.89. The normalized spacial score (nSPS) is 20.2. The van der Waals surface area contributed by atoms with Gasteiger partial charge in [-0.15, -0.1) is 0 Å². The lowest BCUT2D eigenvalue weighted by atomic mass is 9.70. The van der Waals surface area contributed by atoms with Crippen molar-refractivity contribution >= 4 is 28.6 Å². The number of aryl methyl sites for hydroxylation is 1. The highest BCUT2D eigenvalue weighted by Crippen LogP contribution is 2.46. The summed E-state index contributed by atoms with van der Waals surface area (Å²) in [6, 6.07) is 11.8. The van der Waals surface area contributed by atoms with Gasteiger partial charge in [-0.05, 0) is 93.3 Å². The van der Waals surface area contributed by atoms with Crippen LogP contribution in [0.1, 0.15) is 75.8 Å². The molecule has 0 amide bonds. The van der Waals surface area contributed by atoms with Crippen LogP contribution in [-0.4, -0.2) is 26.7 Å². The standard InChI is InChI=1S/C27H35N3O3/c1-16(2)33-21-9-7-19(8-10-21)28-26-29-23-13-22(25(31)32)18(4)12-24(23)30(26)20-11-17(3)14-27(5,6)15-20/h7-10,12-13,16-17,20H,11,14-15H2,1-6H3,(H,28,29)(H,31,32)/t17-,20?/m0/s1. The first kappa shape index (κ1) is 23.1. The second-order valence-electron chi connectivity index (χ2n) is 10.6. The smallest absolute Gasteiger partial charge is 0.336 e. The Labute approximate surface area is 196 Å². The number of rotatable bonds is 6. The van der Waals surface area contributed by atoms with Gasteiger partial charge in [0.1, 0.15) is 5.75 Å². The molecule has 1 saturated carbocycles.